The number of hydrogen-bond acceptors (Lipinski definition) is 5. The second-order valence-electron chi connectivity index (χ2n) is 6.27. The van der Waals surface area contributed by atoms with E-state index in [1.54, 1.807) is 18.4 Å². The minimum atomic E-state index is -0.637. The number of aryl methyl sites for hydroxylation is 1. The summed E-state index contributed by atoms with van der Waals surface area (Å²) in [5.41, 5.74) is 1.02. The Morgan fingerprint density at radius 3 is 2.64 bits per heavy atom. The van der Waals surface area contributed by atoms with Crippen molar-refractivity contribution in [2.75, 3.05) is 39.3 Å². The first kappa shape index (κ1) is 17.5. The summed E-state index contributed by atoms with van der Waals surface area (Å²) in [4.78, 5) is 16.3. The number of ether oxygens (including phenoxy) is 1. The van der Waals surface area contributed by atoms with E-state index < -0.39 is 6.10 Å². The number of hydrogen-bond donors (Lipinski definition) is 1. The summed E-state index contributed by atoms with van der Waals surface area (Å²) in [6, 6.07) is 11.2. The van der Waals surface area contributed by atoms with E-state index in [1.807, 2.05) is 36.1 Å². The van der Waals surface area contributed by atoms with Gasteiger partial charge in [0.15, 0.2) is 6.61 Å². The summed E-state index contributed by atoms with van der Waals surface area (Å²) in [5.74, 6) is 1.32. The smallest absolute Gasteiger partial charge is 0.260 e. The van der Waals surface area contributed by atoms with Gasteiger partial charge >= 0.3 is 0 Å². The Labute approximate surface area is 147 Å². The first-order valence-electron chi connectivity index (χ1n) is 8.53. The molecule has 0 spiro atoms. The number of amides is 1. The highest BCUT2D eigenvalue weighted by Gasteiger charge is 2.24. The van der Waals surface area contributed by atoms with E-state index in [1.165, 1.54) is 0 Å². The van der Waals surface area contributed by atoms with Crippen molar-refractivity contribution in [3.63, 3.8) is 0 Å². The number of piperazine rings is 1. The zero-order valence-electron chi connectivity index (χ0n) is 14.4. The van der Waals surface area contributed by atoms with Crippen molar-refractivity contribution >= 4 is 5.91 Å². The molecule has 6 nitrogen and oxygen atoms in total. The van der Waals surface area contributed by atoms with Crippen LogP contribution in [0.5, 0.6) is 5.75 Å². The lowest BCUT2D eigenvalue weighted by Crippen LogP contribution is -2.50. The van der Waals surface area contributed by atoms with Crippen LogP contribution in [0, 0.1) is 6.92 Å². The molecule has 0 bridgehead atoms. The SMILES string of the molecule is Cc1ccccc1OCC(=O)N1CCN(C[C@@H](O)c2ccco2)CC1. The van der Waals surface area contributed by atoms with Gasteiger partial charge in [-0.3, -0.25) is 9.69 Å². The number of rotatable bonds is 6. The topological polar surface area (TPSA) is 66.2 Å². The van der Waals surface area contributed by atoms with Crippen LogP contribution in [-0.4, -0.2) is 60.1 Å². The number of nitrogens with zero attached hydrogens (tertiary/aromatic N) is 2. The Morgan fingerprint density at radius 2 is 1.96 bits per heavy atom. The van der Waals surface area contributed by atoms with Crippen LogP contribution in [0.1, 0.15) is 17.4 Å². The second-order valence-corrected chi connectivity index (χ2v) is 6.27. The van der Waals surface area contributed by atoms with Gasteiger partial charge < -0.3 is 19.2 Å². The predicted octanol–water partition coefficient (Wildman–Crippen LogP) is 1.84. The molecule has 1 aliphatic rings. The van der Waals surface area contributed by atoms with Gasteiger partial charge in [0, 0.05) is 32.7 Å². The zero-order valence-corrected chi connectivity index (χ0v) is 14.4. The molecule has 1 aliphatic heterocycles. The molecular weight excluding hydrogens is 320 g/mol. The lowest BCUT2D eigenvalue weighted by atomic mass is 10.2. The van der Waals surface area contributed by atoms with E-state index >= 15 is 0 Å². The summed E-state index contributed by atoms with van der Waals surface area (Å²) in [6.07, 6.45) is 0.922. The van der Waals surface area contributed by atoms with E-state index in [9.17, 15) is 9.90 Å². The van der Waals surface area contributed by atoms with E-state index in [-0.39, 0.29) is 12.5 Å². The molecule has 1 fully saturated rings. The number of aliphatic hydroxyl groups excluding tert-OH is 1. The normalized spacial score (nSPS) is 16.6. The molecule has 0 radical (unpaired) electrons. The Kier molecular flexibility index (Phi) is 5.73. The molecule has 2 aromatic rings. The van der Waals surface area contributed by atoms with Crippen LogP contribution in [0.3, 0.4) is 0 Å². The molecule has 3 rings (SSSR count). The third-order valence-corrected chi connectivity index (χ3v) is 4.47. The van der Waals surface area contributed by atoms with Gasteiger partial charge in [0.25, 0.3) is 5.91 Å². The number of carbonyl (C=O) groups is 1. The van der Waals surface area contributed by atoms with Gasteiger partial charge in [0.1, 0.15) is 17.6 Å². The maximum Gasteiger partial charge on any atom is 0.260 e. The molecular formula is C19H24N2O4. The average Bonchev–Trinajstić information content (AvgIpc) is 3.16. The minimum Gasteiger partial charge on any atom is -0.484 e. The number of carbonyl (C=O) groups excluding carboxylic acids is 1. The maximum atomic E-state index is 12.3. The lowest BCUT2D eigenvalue weighted by Gasteiger charge is -2.35. The van der Waals surface area contributed by atoms with Crippen LogP contribution in [0.4, 0.5) is 0 Å². The van der Waals surface area contributed by atoms with E-state index in [0.29, 0.717) is 25.4 Å². The van der Waals surface area contributed by atoms with Crippen LogP contribution in [-0.2, 0) is 4.79 Å². The molecule has 6 heteroatoms. The summed E-state index contributed by atoms with van der Waals surface area (Å²) in [5, 5.41) is 10.1. The fourth-order valence-corrected chi connectivity index (χ4v) is 2.94. The Balaban J connectivity index is 1.42. The van der Waals surface area contributed by atoms with Crippen molar-refractivity contribution in [1.29, 1.82) is 0 Å². The Hall–Kier alpha value is -2.31. The molecule has 1 N–H and O–H groups in total. The first-order chi connectivity index (χ1) is 12.1. The molecule has 1 amide bonds. The molecule has 1 aromatic heterocycles. The largest absolute Gasteiger partial charge is 0.484 e. The van der Waals surface area contributed by atoms with Crippen molar-refractivity contribution in [2.24, 2.45) is 0 Å². The second kappa shape index (κ2) is 8.18. The van der Waals surface area contributed by atoms with E-state index in [2.05, 4.69) is 4.90 Å². The zero-order chi connectivity index (χ0) is 17.6. The van der Waals surface area contributed by atoms with Crippen LogP contribution < -0.4 is 4.74 Å². The van der Waals surface area contributed by atoms with Crippen molar-refractivity contribution in [1.82, 2.24) is 9.80 Å². The number of benzene rings is 1. The fourth-order valence-electron chi connectivity index (χ4n) is 2.94. The molecule has 0 aliphatic carbocycles. The minimum absolute atomic E-state index is 0.00511. The fraction of sp³-hybridized carbons (Fsp3) is 0.421. The van der Waals surface area contributed by atoms with Crippen molar-refractivity contribution in [3.05, 3.63) is 54.0 Å². The molecule has 25 heavy (non-hydrogen) atoms. The third-order valence-electron chi connectivity index (χ3n) is 4.47. The quantitative estimate of drug-likeness (QED) is 0.866. The standard InChI is InChI=1S/C19H24N2O4/c1-15-5-2-3-6-17(15)25-14-19(23)21-10-8-20(9-11-21)13-16(22)18-7-4-12-24-18/h2-7,12,16,22H,8-11,13-14H2,1H3/t16-/m1/s1. The van der Waals surface area contributed by atoms with Gasteiger partial charge in [0.2, 0.25) is 0 Å². The van der Waals surface area contributed by atoms with Crippen LogP contribution in [0.2, 0.25) is 0 Å². The van der Waals surface area contributed by atoms with Gasteiger partial charge in [-0.15, -0.1) is 0 Å². The maximum absolute atomic E-state index is 12.3. The molecule has 0 saturated carbocycles. The van der Waals surface area contributed by atoms with Gasteiger partial charge in [-0.2, -0.15) is 0 Å². The Morgan fingerprint density at radius 1 is 1.20 bits per heavy atom. The number of aliphatic hydroxyl groups is 1. The van der Waals surface area contributed by atoms with Gasteiger partial charge in [0.05, 0.1) is 6.26 Å². The molecule has 0 unspecified atom stereocenters. The van der Waals surface area contributed by atoms with Gasteiger partial charge in [-0.25, -0.2) is 0 Å². The highest BCUT2D eigenvalue weighted by molar-refractivity contribution is 5.78. The van der Waals surface area contributed by atoms with E-state index in [4.69, 9.17) is 9.15 Å². The van der Waals surface area contributed by atoms with Crippen molar-refractivity contribution < 1.29 is 19.1 Å². The van der Waals surface area contributed by atoms with Crippen molar-refractivity contribution in [2.45, 2.75) is 13.0 Å². The highest BCUT2D eigenvalue weighted by Crippen LogP contribution is 2.17. The Bertz CT molecular complexity index is 678. The van der Waals surface area contributed by atoms with Gasteiger partial charge in [-0.1, -0.05) is 18.2 Å². The number of furan rings is 1. The van der Waals surface area contributed by atoms with Crippen LogP contribution in [0.25, 0.3) is 0 Å². The van der Waals surface area contributed by atoms with Crippen molar-refractivity contribution in [3.8, 4) is 5.75 Å². The molecule has 2 heterocycles. The predicted molar refractivity (Wildman–Crippen MR) is 93.4 cm³/mol. The molecule has 1 aromatic carbocycles. The first-order valence-corrected chi connectivity index (χ1v) is 8.53. The summed E-state index contributed by atoms with van der Waals surface area (Å²) >= 11 is 0. The number of para-hydroxylation sites is 1. The monoisotopic (exact) mass is 344 g/mol. The molecule has 1 saturated heterocycles. The lowest BCUT2D eigenvalue weighted by molar-refractivity contribution is -0.135. The van der Waals surface area contributed by atoms with Crippen LogP contribution >= 0.6 is 0 Å². The summed E-state index contributed by atoms with van der Waals surface area (Å²) < 4.78 is 10.9. The molecule has 1 atom stereocenters. The highest BCUT2D eigenvalue weighted by atomic mass is 16.5. The van der Waals surface area contributed by atoms with E-state index in [0.717, 1.165) is 24.4 Å². The van der Waals surface area contributed by atoms with Gasteiger partial charge in [-0.05, 0) is 30.7 Å². The summed E-state index contributed by atoms with van der Waals surface area (Å²) in [7, 11) is 0. The average molecular weight is 344 g/mol. The van der Waals surface area contributed by atoms with Crippen LogP contribution in [0.15, 0.2) is 47.1 Å². The summed E-state index contributed by atoms with van der Waals surface area (Å²) in [6.45, 7) is 5.27. The molecule has 134 valence electrons. The number of β-amino-alcohol motifs (C(OH)–C–C–N with tert-alkyl or cyclic N) is 1. The third kappa shape index (κ3) is 4.61.